The molecule has 124 valence electrons. The SMILES string of the molecule is COC(=O)c1ccc(C(=O)OC)c(NC(=O)c2ccc(=O)oc2)c1. The molecular weight excluding hydrogens is 318 g/mol. The van der Waals surface area contributed by atoms with E-state index in [0.717, 1.165) is 12.3 Å². The minimum absolute atomic E-state index is 0.0517. The first kappa shape index (κ1) is 16.9. The van der Waals surface area contributed by atoms with Gasteiger partial charge in [0.15, 0.2) is 0 Å². The van der Waals surface area contributed by atoms with Crippen LogP contribution in [0.1, 0.15) is 31.1 Å². The van der Waals surface area contributed by atoms with Crippen molar-refractivity contribution in [2.75, 3.05) is 19.5 Å². The van der Waals surface area contributed by atoms with Crippen LogP contribution in [-0.2, 0) is 9.47 Å². The van der Waals surface area contributed by atoms with Crippen LogP contribution in [0, 0.1) is 0 Å². The Balaban J connectivity index is 2.39. The lowest BCUT2D eigenvalue weighted by Crippen LogP contribution is -2.17. The second kappa shape index (κ2) is 7.23. The molecule has 0 unspecified atom stereocenters. The highest BCUT2D eigenvalue weighted by Crippen LogP contribution is 2.20. The number of hydrogen-bond acceptors (Lipinski definition) is 7. The molecule has 1 heterocycles. The summed E-state index contributed by atoms with van der Waals surface area (Å²) >= 11 is 0. The first-order valence-electron chi connectivity index (χ1n) is 6.67. The van der Waals surface area contributed by atoms with Gasteiger partial charge in [0.05, 0.1) is 36.6 Å². The third-order valence-electron chi connectivity index (χ3n) is 3.06. The summed E-state index contributed by atoms with van der Waals surface area (Å²) in [7, 11) is 2.40. The van der Waals surface area contributed by atoms with E-state index < -0.39 is 23.5 Å². The second-order valence-corrected chi connectivity index (χ2v) is 4.54. The summed E-state index contributed by atoms with van der Waals surface area (Å²) in [4.78, 5) is 46.5. The zero-order valence-corrected chi connectivity index (χ0v) is 12.8. The molecule has 0 aliphatic carbocycles. The van der Waals surface area contributed by atoms with Crippen molar-refractivity contribution in [2.45, 2.75) is 0 Å². The Morgan fingerprint density at radius 3 is 2.21 bits per heavy atom. The van der Waals surface area contributed by atoms with Crippen molar-refractivity contribution >= 4 is 23.5 Å². The minimum atomic E-state index is -0.693. The van der Waals surface area contributed by atoms with Gasteiger partial charge < -0.3 is 19.2 Å². The fourth-order valence-corrected chi connectivity index (χ4v) is 1.86. The standard InChI is InChI=1S/C16H13NO7/c1-22-15(20)9-3-5-11(16(21)23-2)12(7-9)17-14(19)10-4-6-13(18)24-8-10/h3-8H,1-2H3,(H,17,19). The van der Waals surface area contributed by atoms with Crippen LogP contribution in [0.5, 0.6) is 0 Å². The number of anilines is 1. The van der Waals surface area contributed by atoms with Gasteiger partial charge in [-0.05, 0) is 24.3 Å². The van der Waals surface area contributed by atoms with E-state index in [2.05, 4.69) is 19.2 Å². The number of rotatable bonds is 4. The Kier molecular flexibility index (Phi) is 5.10. The van der Waals surface area contributed by atoms with Gasteiger partial charge in [0.25, 0.3) is 5.91 Å². The largest absolute Gasteiger partial charge is 0.465 e. The van der Waals surface area contributed by atoms with E-state index in [4.69, 9.17) is 0 Å². The Hall–Kier alpha value is -3.42. The molecule has 0 saturated heterocycles. The predicted octanol–water partition coefficient (Wildman–Crippen LogP) is 1.47. The van der Waals surface area contributed by atoms with Gasteiger partial charge in [-0.1, -0.05) is 0 Å². The van der Waals surface area contributed by atoms with Gasteiger partial charge in [0, 0.05) is 6.07 Å². The molecule has 1 aromatic heterocycles. The molecular formula is C16H13NO7. The van der Waals surface area contributed by atoms with Crippen LogP contribution in [0.3, 0.4) is 0 Å². The zero-order chi connectivity index (χ0) is 17.7. The topological polar surface area (TPSA) is 112 Å². The molecule has 0 radical (unpaired) electrons. The lowest BCUT2D eigenvalue weighted by Gasteiger charge is -2.11. The summed E-state index contributed by atoms with van der Waals surface area (Å²) < 4.78 is 13.9. The normalized spacial score (nSPS) is 9.92. The average Bonchev–Trinajstić information content (AvgIpc) is 2.60. The summed E-state index contributed by atoms with van der Waals surface area (Å²) in [6.45, 7) is 0. The number of nitrogens with one attached hydrogen (secondary N) is 1. The molecule has 0 aliphatic rings. The van der Waals surface area contributed by atoms with E-state index in [0.29, 0.717) is 0 Å². The number of methoxy groups -OCH3 is 2. The number of benzene rings is 1. The highest BCUT2D eigenvalue weighted by molar-refractivity contribution is 6.08. The number of carbonyl (C=O) groups is 3. The van der Waals surface area contributed by atoms with Crippen LogP contribution >= 0.6 is 0 Å². The fourth-order valence-electron chi connectivity index (χ4n) is 1.86. The van der Waals surface area contributed by atoms with E-state index >= 15 is 0 Å². The molecule has 0 fully saturated rings. The van der Waals surface area contributed by atoms with Crippen LogP contribution in [0.2, 0.25) is 0 Å². The molecule has 1 amide bonds. The number of esters is 2. The van der Waals surface area contributed by atoms with Crippen LogP contribution in [0.25, 0.3) is 0 Å². The molecule has 0 saturated carbocycles. The molecule has 8 nitrogen and oxygen atoms in total. The lowest BCUT2D eigenvalue weighted by atomic mass is 10.1. The Morgan fingerprint density at radius 2 is 1.62 bits per heavy atom. The number of carbonyl (C=O) groups excluding carboxylic acids is 3. The van der Waals surface area contributed by atoms with Crippen molar-refractivity contribution in [1.29, 1.82) is 0 Å². The van der Waals surface area contributed by atoms with Gasteiger partial charge in [0.2, 0.25) is 0 Å². The molecule has 2 aromatic rings. The van der Waals surface area contributed by atoms with E-state index in [9.17, 15) is 19.2 Å². The summed E-state index contributed by atoms with van der Waals surface area (Å²) in [5.74, 6) is -1.96. The van der Waals surface area contributed by atoms with Crippen molar-refractivity contribution < 1.29 is 28.3 Å². The van der Waals surface area contributed by atoms with Crippen LogP contribution in [0.4, 0.5) is 5.69 Å². The van der Waals surface area contributed by atoms with Crippen LogP contribution in [0.15, 0.2) is 45.8 Å². The van der Waals surface area contributed by atoms with Gasteiger partial charge in [0.1, 0.15) is 6.26 Å². The fraction of sp³-hybridized carbons (Fsp3) is 0.125. The van der Waals surface area contributed by atoms with Crippen molar-refractivity contribution in [3.63, 3.8) is 0 Å². The molecule has 2 rings (SSSR count). The van der Waals surface area contributed by atoms with E-state index in [1.807, 2.05) is 0 Å². The van der Waals surface area contributed by atoms with Gasteiger partial charge in [-0.25, -0.2) is 14.4 Å². The molecule has 24 heavy (non-hydrogen) atoms. The van der Waals surface area contributed by atoms with Crippen molar-refractivity contribution in [2.24, 2.45) is 0 Å². The maximum Gasteiger partial charge on any atom is 0.339 e. The predicted molar refractivity (Wildman–Crippen MR) is 82.1 cm³/mol. The average molecular weight is 331 g/mol. The first-order chi connectivity index (χ1) is 11.5. The maximum atomic E-state index is 12.2. The smallest absolute Gasteiger partial charge is 0.339 e. The molecule has 0 bridgehead atoms. The lowest BCUT2D eigenvalue weighted by molar-refractivity contribution is 0.0587. The third kappa shape index (κ3) is 3.67. The van der Waals surface area contributed by atoms with E-state index in [1.165, 1.54) is 38.5 Å². The van der Waals surface area contributed by atoms with Crippen molar-refractivity contribution in [3.8, 4) is 0 Å². The molecule has 0 atom stereocenters. The summed E-state index contributed by atoms with van der Waals surface area (Å²) in [5.41, 5.74) is -0.291. The second-order valence-electron chi connectivity index (χ2n) is 4.54. The van der Waals surface area contributed by atoms with Crippen molar-refractivity contribution in [1.82, 2.24) is 0 Å². The quantitative estimate of drug-likeness (QED) is 0.844. The van der Waals surface area contributed by atoms with Gasteiger partial charge >= 0.3 is 17.6 Å². The molecule has 0 aliphatic heterocycles. The highest BCUT2D eigenvalue weighted by atomic mass is 16.5. The summed E-state index contributed by atoms with van der Waals surface area (Å²) in [6, 6.07) is 6.34. The third-order valence-corrected chi connectivity index (χ3v) is 3.06. The molecule has 0 spiro atoms. The summed E-state index contributed by atoms with van der Waals surface area (Å²) in [5, 5.41) is 2.47. The van der Waals surface area contributed by atoms with E-state index in [-0.39, 0.29) is 22.4 Å². The Morgan fingerprint density at radius 1 is 0.958 bits per heavy atom. The number of amides is 1. The van der Waals surface area contributed by atoms with Gasteiger partial charge in [-0.2, -0.15) is 0 Å². The molecule has 1 N–H and O–H groups in total. The zero-order valence-electron chi connectivity index (χ0n) is 12.8. The van der Waals surface area contributed by atoms with Crippen LogP contribution < -0.4 is 10.9 Å². The molecule has 1 aromatic carbocycles. The number of hydrogen-bond donors (Lipinski definition) is 1. The first-order valence-corrected chi connectivity index (χ1v) is 6.67. The minimum Gasteiger partial charge on any atom is -0.465 e. The highest BCUT2D eigenvalue weighted by Gasteiger charge is 2.18. The number of ether oxygens (including phenoxy) is 2. The summed E-state index contributed by atoms with van der Waals surface area (Å²) in [6.07, 6.45) is 0.986. The van der Waals surface area contributed by atoms with E-state index in [1.54, 1.807) is 0 Å². The monoisotopic (exact) mass is 331 g/mol. The maximum absolute atomic E-state index is 12.2. The van der Waals surface area contributed by atoms with Gasteiger partial charge in [-0.3, -0.25) is 4.79 Å². The Labute approximate surface area is 136 Å². The van der Waals surface area contributed by atoms with Gasteiger partial charge in [-0.15, -0.1) is 0 Å². The van der Waals surface area contributed by atoms with Crippen molar-refractivity contribution in [3.05, 3.63) is 63.7 Å². The van der Waals surface area contributed by atoms with Crippen LogP contribution in [-0.4, -0.2) is 32.1 Å². The molecule has 8 heteroatoms. The Bertz CT molecular complexity index is 833.